The topological polar surface area (TPSA) is 63.8 Å². The number of nitrogens with zero attached hydrogens (tertiary/aromatic N) is 1. The Labute approximate surface area is 93.8 Å². The third kappa shape index (κ3) is 4.45. The summed E-state index contributed by atoms with van der Waals surface area (Å²) in [4.78, 5) is 10.9. The summed E-state index contributed by atoms with van der Waals surface area (Å²) >= 11 is 0. The zero-order valence-corrected chi connectivity index (χ0v) is 9.27. The lowest BCUT2D eigenvalue weighted by Crippen LogP contribution is -2.19. The molecule has 1 rings (SSSR count). The van der Waals surface area contributed by atoms with E-state index < -0.39 is 6.09 Å². The Bertz CT molecular complexity index is 380. The molecule has 1 aromatic rings. The van der Waals surface area contributed by atoms with Gasteiger partial charge in [-0.05, 0) is 38.1 Å². The van der Waals surface area contributed by atoms with E-state index in [1.54, 1.807) is 38.3 Å². The number of carbonyl (C=O) groups excluding carboxylic acids is 1. The van der Waals surface area contributed by atoms with E-state index in [2.05, 4.69) is 15.3 Å². The zero-order valence-electron chi connectivity index (χ0n) is 9.27. The Kier molecular flexibility index (Phi) is 4.85. The van der Waals surface area contributed by atoms with Crippen LogP contribution in [0, 0.1) is 0 Å². The van der Waals surface area contributed by atoms with Gasteiger partial charge < -0.3 is 9.15 Å². The highest BCUT2D eigenvalue weighted by Gasteiger charge is 1.96. The van der Waals surface area contributed by atoms with Crippen molar-refractivity contribution in [2.75, 3.05) is 6.61 Å². The second-order valence-corrected chi connectivity index (χ2v) is 2.93. The molecule has 86 valence electrons. The summed E-state index contributed by atoms with van der Waals surface area (Å²) in [6, 6.07) is 3.62. The third-order valence-corrected chi connectivity index (χ3v) is 1.63. The van der Waals surface area contributed by atoms with Gasteiger partial charge in [0.2, 0.25) is 0 Å². The predicted octanol–water partition coefficient (Wildman–Crippen LogP) is 2.41. The van der Waals surface area contributed by atoms with Crippen LogP contribution in [0.2, 0.25) is 0 Å². The van der Waals surface area contributed by atoms with Gasteiger partial charge >= 0.3 is 6.09 Å². The maximum absolute atomic E-state index is 10.9. The average Bonchev–Trinajstić information content (AvgIpc) is 2.77. The number of nitrogens with one attached hydrogen (secondary N) is 1. The molecule has 0 bridgehead atoms. The lowest BCUT2D eigenvalue weighted by molar-refractivity contribution is 0.152. The van der Waals surface area contributed by atoms with Gasteiger partial charge in [0.15, 0.2) is 0 Å². The number of ether oxygens (including phenoxy) is 1. The van der Waals surface area contributed by atoms with Crippen LogP contribution in [-0.2, 0) is 4.74 Å². The number of allylic oxidation sites excluding steroid dienone is 1. The first kappa shape index (κ1) is 12.0. The summed E-state index contributed by atoms with van der Waals surface area (Å²) in [5.74, 6) is 0.727. The molecule has 0 aromatic carbocycles. The Balaban J connectivity index is 2.42. The van der Waals surface area contributed by atoms with E-state index >= 15 is 0 Å². The molecule has 1 aromatic heterocycles. The number of hydrazone groups is 1. The minimum atomic E-state index is -0.562. The summed E-state index contributed by atoms with van der Waals surface area (Å²) in [6.07, 6.45) is 4.51. The lowest BCUT2D eigenvalue weighted by Gasteiger charge is -1.99. The van der Waals surface area contributed by atoms with Crippen LogP contribution in [0.1, 0.15) is 19.6 Å². The van der Waals surface area contributed by atoms with Crippen LogP contribution in [0.15, 0.2) is 34.0 Å². The van der Waals surface area contributed by atoms with Gasteiger partial charge in [0, 0.05) is 0 Å². The molecule has 0 aliphatic rings. The van der Waals surface area contributed by atoms with Gasteiger partial charge in [-0.15, -0.1) is 0 Å². The van der Waals surface area contributed by atoms with E-state index in [0.29, 0.717) is 12.3 Å². The van der Waals surface area contributed by atoms with Gasteiger partial charge in [-0.2, -0.15) is 5.10 Å². The lowest BCUT2D eigenvalue weighted by atomic mass is 10.3. The number of hydrogen-bond donors (Lipinski definition) is 1. The molecule has 0 fully saturated rings. The minimum absolute atomic E-state index is 0.322. The maximum Gasteiger partial charge on any atom is 0.427 e. The number of carbonyl (C=O) groups is 1. The molecule has 5 heteroatoms. The number of furan rings is 1. The zero-order chi connectivity index (χ0) is 11.8. The van der Waals surface area contributed by atoms with Crippen molar-refractivity contribution in [3.63, 3.8) is 0 Å². The van der Waals surface area contributed by atoms with Crippen molar-refractivity contribution in [2.45, 2.75) is 13.8 Å². The van der Waals surface area contributed by atoms with Gasteiger partial charge in [-0.1, -0.05) is 0 Å². The molecule has 1 amide bonds. The molecule has 0 aliphatic heterocycles. The molecule has 0 radical (unpaired) electrons. The molecule has 0 saturated heterocycles. The highest BCUT2D eigenvalue weighted by atomic mass is 16.5. The third-order valence-electron chi connectivity index (χ3n) is 1.63. The van der Waals surface area contributed by atoms with Gasteiger partial charge in [0.05, 0.1) is 18.6 Å². The van der Waals surface area contributed by atoms with Crippen molar-refractivity contribution in [1.82, 2.24) is 5.43 Å². The average molecular weight is 222 g/mol. The Morgan fingerprint density at radius 2 is 2.50 bits per heavy atom. The van der Waals surface area contributed by atoms with Gasteiger partial charge in [0.1, 0.15) is 5.76 Å². The maximum atomic E-state index is 10.9. The first-order chi connectivity index (χ1) is 7.72. The fourth-order valence-corrected chi connectivity index (χ4v) is 0.923. The Morgan fingerprint density at radius 1 is 1.69 bits per heavy atom. The van der Waals surface area contributed by atoms with Crippen LogP contribution in [0.3, 0.4) is 0 Å². The monoisotopic (exact) mass is 222 g/mol. The number of amides is 1. The normalized spacial score (nSPS) is 11.8. The smallest absolute Gasteiger partial charge is 0.427 e. The summed E-state index contributed by atoms with van der Waals surface area (Å²) in [5, 5.41) is 3.81. The summed E-state index contributed by atoms with van der Waals surface area (Å²) in [6.45, 7) is 3.81. The molecule has 1 heterocycles. The van der Waals surface area contributed by atoms with Gasteiger partial charge in [-0.25, -0.2) is 10.2 Å². The summed E-state index contributed by atoms with van der Waals surface area (Å²) < 4.78 is 9.74. The van der Waals surface area contributed by atoms with E-state index in [1.807, 2.05) is 6.07 Å². The van der Waals surface area contributed by atoms with E-state index in [9.17, 15) is 4.79 Å². The predicted molar refractivity (Wildman–Crippen MR) is 61.0 cm³/mol. The first-order valence-corrected chi connectivity index (χ1v) is 4.91. The van der Waals surface area contributed by atoms with Crippen LogP contribution in [-0.4, -0.2) is 18.4 Å². The van der Waals surface area contributed by atoms with Crippen molar-refractivity contribution in [3.8, 4) is 0 Å². The molecule has 0 atom stereocenters. The minimum Gasteiger partial charge on any atom is -0.465 e. The molecule has 0 spiro atoms. The molecular weight excluding hydrogens is 208 g/mol. The van der Waals surface area contributed by atoms with Gasteiger partial charge in [-0.3, -0.25) is 0 Å². The summed E-state index contributed by atoms with van der Waals surface area (Å²) in [5.41, 5.74) is 2.90. The largest absolute Gasteiger partial charge is 0.465 e. The van der Waals surface area contributed by atoms with Crippen molar-refractivity contribution < 1.29 is 13.9 Å². The van der Waals surface area contributed by atoms with Gasteiger partial charge in [0.25, 0.3) is 0 Å². The molecule has 0 unspecified atom stereocenters. The van der Waals surface area contributed by atoms with Crippen molar-refractivity contribution >= 4 is 17.9 Å². The quantitative estimate of drug-likeness (QED) is 0.628. The van der Waals surface area contributed by atoms with E-state index in [1.165, 1.54) is 0 Å². The fourth-order valence-electron chi connectivity index (χ4n) is 0.923. The SMILES string of the molecule is CCOC(=O)NN=C(C)/C=C/c1ccco1. The molecule has 0 saturated carbocycles. The van der Waals surface area contributed by atoms with E-state index in [4.69, 9.17) is 4.42 Å². The molecule has 16 heavy (non-hydrogen) atoms. The van der Waals surface area contributed by atoms with E-state index in [-0.39, 0.29) is 0 Å². The van der Waals surface area contributed by atoms with Crippen LogP contribution in [0.5, 0.6) is 0 Å². The van der Waals surface area contributed by atoms with Crippen molar-refractivity contribution in [1.29, 1.82) is 0 Å². The fraction of sp³-hybridized carbons (Fsp3) is 0.273. The molecule has 1 N–H and O–H groups in total. The standard InChI is InChI=1S/C11H14N2O3/c1-3-15-11(14)13-12-9(2)6-7-10-5-4-8-16-10/h4-8H,3H2,1-2H3,(H,13,14)/b7-6+,12-9?. The van der Waals surface area contributed by atoms with Crippen LogP contribution in [0.25, 0.3) is 6.08 Å². The van der Waals surface area contributed by atoms with Crippen molar-refractivity contribution in [2.24, 2.45) is 5.10 Å². The molecule has 5 nitrogen and oxygen atoms in total. The highest BCUT2D eigenvalue weighted by Crippen LogP contribution is 2.02. The second-order valence-electron chi connectivity index (χ2n) is 2.93. The Morgan fingerprint density at radius 3 is 3.12 bits per heavy atom. The van der Waals surface area contributed by atoms with Crippen molar-refractivity contribution in [3.05, 3.63) is 30.2 Å². The second kappa shape index (κ2) is 6.44. The van der Waals surface area contributed by atoms with Crippen LogP contribution in [0.4, 0.5) is 4.79 Å². The van der Waals surface area contributed by atoms with Crippen LogP contribution >= 0.6 is 0 Å². The summed E-state index contributed by atoms with van der Waals surface area (Å²) in [7, 11) is 0. The Hall–Kier alpha value is -2.04. The first-order valence-electron chi connectivity index (χ1n) is 4.91. The highest BCUT2D eigenvalue weighted by molar-refractivity contribution is 5.96. The number of hydrogen-bond acceptors (Lipinski definition) is 4. The number of rotatable bonds is 4. The molecular formula is C11H14N2O3. The van der Waals surface area contributed by atoms with E-state index in [0.717, 1.165) is 5.76 Å². The molecule has 0 aliphatic carbocycles. The van der Waals surface area contributed by atoms with Crippen LogP contribution < -0.4 is 5.43 Å².